The van der Waals surface area contributed by atoms with Crippen molar-refractivity contribution in [1.29, 1.82) is 0 Å². The molecule has 7 heteroatoms. The highest BCUT2D eigenvalue weighted by atomic mass is 35.5. The number of nitrogens with zero attached hydrogens (tertiary/aromatic N) is 1. The van der Waals surface area contributed by atoms with Gasteiger partial charge in [-0.25, -0.2) is 0 Å². The molecule has 0 unspecified atom stereocenters. The van der Waals surface area contributed by atoms with E-state index in [-0.39, 0.29) is 23.8 Å². The van der Waals surface area contributed by atoms with Gasteiger partial charge in [0.2, 0.25) is 11.8 Å². The monoisotopic (exact) mass is 460 g/mol. The van der Waals surface area contributed by atoms with Crippen LogP contribution in [0.3, 0.4) is 0 Å². The van der Waals surface area contributed by atoms with Crippen LogP contribution in [-0.4, -0.2) is 42.0 Å². The first kappa shape index (κ1) is 25.5. The van der Waals surface area contributed by atoms with Gasteiger partial charge in [0.15, 0.2) is 0 Å². The molecule has 6 nitrogen and oxygen atoms in total. The van der Waals surface area contributed by atoms with Crippen LogP contribution in [0, 0.1) is 0 Å². The molecule has 2 aromatic rings. The number of hydrogen-bond donors (Lipinski definition) is 1. The Morgan fingerprint density at radius 3 is 2.34 bits per heavy atom. The van der Waals surface area contributed by atoms with E-state index in [2.05, 4.69) is 5.32 Å². The van der Waals surface area contributed by atoms with Gasteiger partial charge in [-0.15, -0.1) is 0 Å². The van der Waals surface area contributed by atoms with E-state index in [4.69, 9.17) is 21.1 Å². The largest absolute Gasteiger partial charge is 0.497 e. The molecule has 0 radical (unpaired) electrons. The van der Waals surface area contributed by atoms with E-state index in [0.717, 1.165) is 11.3 Å². The Morgan fingerprint density at radius 2 is 1.75 bits per heavy atom. The van der Waals surface area contributed by atoms with Crippen LogP contribution < -0.4 is 14.8 Å². The summed E-state index contributed by atoms with van der Waals surface area (Å²) in [5.41, 5.74) is 0.484. The minimum Gasteiger partial charge on any atom is -0.497 e. The van der Waals surface area contributed by atoms with Crippen molar-refractivity contribution in [3.63, 3.8) is 0 Å². The first-order chi connectivity index (χ1) is 15.1. The van der Waals surface area contributed by atoms with E-state index >= 15 is 0 Å². The van der Waals surface area contributed by atoms with E-state index in [1.807, 2.05) is 63.2 Å². The number of benzene rings is 2. The Labute approximate surface area is 195 Å². The smallest absolute Gasteiger partial charge is 0.242 e. The zero-order chi connectivity index (χ0) is 23.7. The van der Waals surface area contributed by atoms with Gasteiger partial charge >= 0.3 is 0 Å². The van der Waals surface area contributed by atoms with Crippen LogP contribution in [0.2, 0.25) is 5.02 Å². The van der Waals surface area contributed by atoms with Gasteiger partial charge in [-0.1, -0.05) is 23.7 Å². The van der Waals surface area contributed by atoms with E-state index in [9.17, 15) is 9.59 Å². The minimum atomic E-state index is -0.622. The number of halogens is 1. The van der Waals surface area contributed by atoms with Crippen LogP contribution in [-0.2, 0) is 16.1 Å². The standard InChI is InChI=1S/C25H33ClN2O4/c1-18(24(30)27-25(2,3)4)28(17-19-8-6-9-20(26)16-19)23(29)10-7-15-32-22-13-11-21(31-5)12-14-22/h6,8-9,11-14,16,18H,7,10,15,17H2,1-5H3,(H,27,30)/t18-/m1/s1. The van der Waals surface area contributed by atoms with Gasteiger partial charge in [-0.3, -0.25) is 9.59 Å². The molecule has 0 heterocycles. The third kappa shape index (κ3) is 8.42. The van der Waals surface area contributed by atoms with Crippen LogP contribution in [0.4, 0.5) is 0 Å². The second-order valence-electron chi connectivity index (χ2n) is 8.69. The Kier molecular flexibility index (Phi) is 9.39. The van der Waals surface area contributed by atoms with E-state index in [1.54, 1.807) is 25.0 Å². The Morgan fingerprint density at radius 1 is 1.09 bits per heavy atom. The Balaban J connectivity index is 2.01. The molecule has 32 heavy (non-hydrogen) atoms. The van der Waals surface area contributed by atoms with Crippen molar-refractivity contribution in [2.75, 3.05) is 13.7 Å². The molecule has 1 atom stereocenters. The molecule has 0 bridgehead atoms. The molecule has 1 N–H and O–H groups in total. The lowest BCUT2D eigenvalue weighted by Crippen LogP contribution is -2.52. The van der Waals surface area contributed by atoms with Crippen molar-refractivity contribution in [3.8, 4) is 11.5 Å². The number of rotatable bonds is 10. The fourth-order valence-corrected chi connectivity index (χ4v) is 3.33. The van der Waals surface area contributed by atoms with Gasteiger partial charge in [0.05, 0.1) is 13.7 Å². The van der Waals surface area contributed by atoms with Gasteiger partial charge in [0.1, 0.15) is 17.5 Å². The fraction of sp³-hybridized carbons (Fsp3) is 0.440. The lowest BCUT2D eigenvalue weighted by atomic mass is 10.1. The minimum absolute atomic E-state index is 0.111. The molecule has 0 fully saturated rings. The summed E-state index contributed by atoms with van der Waals surface area (Å²) in [7, 11) is 1.61. The molecule has 0 spiro atoms. The van der Waals surface area contributed by atoms with Crippen LogP contribution >= 0.6 is 11.6 Å². The number of carbonyl (C=O) groups excluding carboxylic acids is 2. The lowest BCUT2D eigenvalue weighted by Gasteiger charge is -2.31. The molecule has 0 aromatic heterocycles. The Bertz CT molecular complexity index is 894. The topological polar surface area (TPSA) is 67.9 Å². The summed E-state index contributed by atoms with van der Waals surface area (Å²) in [4.78, 5) is 27.4. The third-order valence-electron chi connectivity index (χ3n) is 4.77. The summed E-state index contributed by atoms with van der Waals surface area (Å²) in [6.45, 7) is 8.19. The van der Waals surface area contributed by atoms with Crippen molar-refractivity contribution in [1.82, 2.24) is 10.2 Å². The molecule has 0 saturated heterocycles. The molecular weight excluding hydrogens is 428 g/mol. The lowest BCUT2D eigenvalue weighted by molar-refractivity contribution is -0.141. The molecule has 0 saturated carbocycles. The first-order valence-corrected chi connectivity index (χ1v) is 11.1. The number of methoxy groups -OCH3 is 1. The predicted molar refractivity (Wildman–Crippen MR) is 127 cm³/mol. The number of ether oxygens (including phenoxy) is 2. The summed E-state index contributed by atoms with van der Waals surface area (Å²) in [5.74, 6) is 1.17. The van der Waals surface area contributed by atoms with Crippen LogP contribution in [0.5, 0.6) is 11.5 Å². The summed E-state index contributed by atoms with van der Waals surface area (Å²) >= 11 is 6.11. The van der Waals surface area contributed by atoms with Gasteiger partial charge in [0.25, 0.3) is 0 Å². The van der Waals surface area contributed by atoms with Gasteiger partial charge in [0, 0.05) is 23.5 Å². The summed E-state index contributed by atoms with van der Waals surface area (Å²) in [6, 6.07) is 14.0. The second-order valence-corrected chi connectivity index (χ2v) is 9.13. The predicted octanol–water partition coefficient (Wildman–Crippen LogP) is 4.84. The molecule has 174 valence electrons. The number of carbonyl (C=O) groups is 2. The van der Waals surface area contributed by atoms with E-state index in [0.29, 0.717) is 30.3 Å². The van der Waals surface area contributed by atoms with Gasteiger partial charge < -0.3 is 19.7 Å². The van der Waals surface area contributed by atoms with Crippen LogP contribution in [0.1, 0.15) is 46.1 Å². The third-order valence-corrected chi connectivity index (χ3v) is 5.01. The molecule has 0 aliphatic rings. The second kappa shape index (κ2) is 11.8. The zero-order valence-electron chi connectivity index (χ0n) is 19.5. The van der Waals surface area contributed by atoms with Crippen molar-refractivity contribution in [3.05, 3.63) is 59.1 Å². The van der Waals surface area contributed by atoms with Crippen LogP contribution in [0.25, 0.3) is 0 Å². The summed E-state index contributed by atoms with van der Waals surface area (Å²) in [5, 5.41) is 3.55. The van der Waals surface area contributed by atoms with E-state index < -0.39 is 6.04 Å². The number of hydrogen-bond acceptors (Lipinski definition) is 4. The normalized spacial score (nSPS) is 12.1. The highest BCUT2D eigenvalue weighted by Crippen LogP contribution is 2.19. The molecule has 2 amide bonds. The van der Waals surface area contributed by atoms with E-state index in [1.165, 1.54) is 0 Å². The fourth-order valence-electron chi connectivity index (χ4n) is 3.12. The number of amides is 2. The molecular formula is C25H33ClN2O4. The maximum Gasteiger partial charge on any atom is 0.242 e. The molecule has 0 aliphatic carbocycles. The number of nitrogens with one attached hydrogen (secondary N) is 1. The van der Waals surface area contributed by atoms with Crippen molar-refractivity contribution >= 4 is 23.4 Å². The SMILES string of the molecule is COc1ccc(OCCCC(=O)N(Cc2cccc(Cl)c2)[C@H](C)C(=O)NC(C)(C)C)cc1. The zero-order valence-corrected chi connectivity index (χ0v) is 20.2. The average molecular weight is 461 g/mol. The maximum absolute atomic E-state index is 13.1. The molecule has 0 aliphatic heterocycles. The van der Waals surface area contributed by atoms with Crippen molar-refractivity contribution < 1.29 is 19.1 Å². The maximum atomic E-state index is 13.1. The van der Waals surface area contributed by atoms with Gasteiger partial charge in [-0.05, 0) is 76.1 Å². The van der Waals surface area contributed by atoms with Crippen LogP contribution in [0.15, 0.2) is 48.5 Å². The quantitative estimate of drug-likeness (QED) is 0.515. The van der Waals surface area contributed by atoms with Crippen molar-refractivity contribution in [2.45, 2.75) is 58.7 Å². The summed E-state index contributed by atoms with van der Waals surface area (Å²) in [6.07, 6.45) is 0.800. The Hall–Kier alpha value is -2.73. The van der Waals surface area contributed by atoms with Gasteiger partial charge in [-0.2, -0.15) is 0 Å². The first-order valence-electron chi connectivity index (χ1n) is 10.7. The highest BCUT2D eigenvalue weighted by molar-refractivity contribution is 6.30. The average Bonchev–Trinajstić information content (AvgIpc) is 2.73. The van der Waals surface area contributed by atoms with Crippen molar-refractivity contribution in [2.24, 2.45) is 0 Å². The summed E-state index contributed by atoms with van der Waals surface area (Å²) < 4.78 is 10.9. The molecule has 2 rings (SSSR count). The molecule has 2 aromatic carbocycles. The highest BCUT2D eigenvalue weighted by Gasteiger charge is 2.28.